The van der Waals surface area contributed by atoms with Crippen molar-refractivity contribution in [3.05, 3.63) is 163 Å². The van der Waals surface area contributed by atoms with Gasteiger partial charge in [-0.2, -0.15) is 0 Å². The normalized spacial score (nSPS) is 17.4. The predicted molar refractivity (Wildman–Crippen MR) is 189 cm³/mol. The number of rotatable bonds is 14. The number of hydrogen-bond acceptors (Lipinski definition) is 11. The molecule has 4 atom stereocenters. The Labute approximate surface area is 298 Å². The van der Waals surface area contributed by atoms with Gasteiger partial charge in [0.1, 0.15) is 35.5 Å². The van der Waals surface area contributed by atoms with Crippen LogP contribution in [0, 0.1) is 17.0 Å². The highest BCUT2D eigenvalue weighted by Crippen LogP contribution is 2.44. The molecule has 0 saturated carbocycles. The number of aromatic amines is 1. The fourth-order valence-electron chi connectivity index (χ4n) is 6.06. The Morgan fingerprint density at radius 2 is 1.42 bits per heavy atom. The molecule has 0 bridgehead atoms. The van der Waals surface area contributed by atoms with Crippen LogP contribution in [-0.2, 0) is 24.2 Å². The van der Waals surface area contributed by atoms with E-state index in [1.165, 1.54) is 35.0 Å². The van der Waals surface area contributed by atoms with E-state index in [1.807, 2.05) is 78.9 Å². The largest absolute Gasteiger partial charge is 0.750 e. The number of nitrogens with zero attached hydrogens (tertiary/aromatic N) is 2. The summed E-state index contributed by atoms with van der Waals surface area (Å²) in [6, 6.07) is 29.6. The first-order valence-electron chi connectivity index (χ1n) is 16.1. The van der Waals surface area contributed by atoms with E-state index in [9.17, 15) is 24.3 Å². The van der Waals surface area contributed by atoms with Crippen LogP contribution in [0.3, 0.4) is 0 Å². The van der Waals surface area contributed by atoms with Crippen LogP contribution >= 0.6 is 8.25 Å². The summed E-state index contributed by atoms with van der Waals surface area (Å²) >= 11 is 0. The van der Waals surface area contributed by atoms with Gasteiger partial charge in [0.2, 0.25) is 0 Å². The lowest BCUT2D eigenvalue weighted by Crippen LogP contribution is -2.38. The second-order valence-electron chi connectivity index (χ2n) is 11.9. The Morgan fingerprint density at radius 3 is 1.98 bits per heavy atom. The summed E-state index contributed by atoms with van der Waals surface area (Å²) in [7, 11) is 0.328. The molecule has 52 heavy (non-hydrogen) atoms. The number of ether oxygens (including phenoxy) is 4. The minimum absolute atomic E-state index is 0.0352. The molecule has 14 nitrogen and oxygen atoms in total. The van der Waals surface area contributed by atoms with E-state index >= 15 is 0 Å². The molecular weight excluding hydrogens is 693 g/mol. The summed E-state index contributed by atoms with van der Waals surface area (Å²) in [5.41, 5.74) is -0.0131. The maximum Gasteiger partial charge on any atom is 0.750 e. The molecular formula is C37H35N3O11P+. The molecule has 2 heterocycles. The highest BCUT2D eigenvalue weighted by Gasteiger charge is 2.47. The number of hydrogen-bond donors (Lipinski definition) is 1. The first-order chi connectivity index (χ1) is 25.1. The number of nitro benzene ring substituents is 1. The van der Waals surface area contributed by atoms with Crippen LogP contribution in [0.4, 0.5) is 5.69 Å². The zero-order valence-electron chi connectivity index (χ0n) is 28.4. The number of benzene rings is 4. The number of aromatic nitrogens is 2. The Kier molecular flexibility index (Phi) is 10.9. The van der Waals surface area contributed by atoms with Crippen molar-refractivity contribution in [1.82, 2.24) is 9.55 Å². The van der Waals surface area contributed by atoms with Crippen molar-refractivity contribution in [2.45, 2.75) is 37.4 Å². The Hall–Kier alpha value is -5.66. The average molecular weight is 729 g/mol. The van der Waals surface area contributed by atoms with Crippen molar-refractivity contribution < 1.29 is 37.5 Å². The van der Waals surface area contributed by atoms with Crippen LogP contribution in [0.2, 0.25) is 0 Å². The van der Waals surface area contributed by atoms with E-state index in [4.69, 9.17) is 28.0 Å². The summed E-state index contributed by atoms with van der Waals surface area (Å²) < 4.78 is 50.2. The lowest BCUT2D eigenvalue weighted by Gasteiger charge is -2.37. The molecule has 1 aliphatic rings. The van der Waals surface area contributed by atoms with E-state index in [1.54, 1.807) is 21.1 Å². The molecule has 0 amide bonds. The Bertz CT molecular complexity index is 2090. The third-order valence-corrected chi connectivity index (χ3v) is 9.53. The fourth-order valence-corrected chi connectivity index (χ4v) is 6.84. The third-order valence-electron chi connectivity index (χ3n) is 8.72. The second-order valence-corrected chi connectivity index (χ2v) is 12.7. The van der Waals surface area contributed by atoms with E-state index in [0.29, 0.717) is 11.5 Å². The molecule has 4 aromatic carbocycles. The van der Waals surface area contributed by atoms with Gasteiger partial charge in [0.25, 0.3) is 11.2 Å². The van der Waals surface area contributed by atoms with Crippen LogP contribution in [0.1, 0.15) is 34.9 Å². The van der Waals surface area contributed by atoms with Crippen molar-refractivity contribution in [2.75, 3.05) is 20.8 Å². The number of aryl methyl sites for hydroxylation is 1. The molecule has 1 unspecified atom stereocenters. The molecule has 1 aromatic heterocycles. The maximum absolute atomic E-state index is 13.3. The number of nitro groups is 1. The van der Waals surface area contributed by atoms with Crippen LogP contribution in [0.25, 0.3) is 0 Å². The van der Waals surface area contributed by atoms with Crippen LogP contribution < -0.4 is 25.2 Å². The number of nitrogens with one attached hydrogen (secondary N) is 1. The monoisotopic (exact) mass is 728 g/mol. The van der Waals surface area contributed by atoms with E-state index in [2.05, 4.69) is 4.98 Å². The topological polar surface area (TPSA) is 170 Å². The lowest BCUT2D eigenvalue weighted by atomic mass is 9.80. The van der Waals surface area contributed by atoms with Gasteiger partial charge in [0.15, 0.2) is 5.75 Å². The zero-order valence-corrected chi connectivity index (χ0v) is 29.3. The molecule has 0 aliphatic carbocycles. The van der Waals surface area contributed by atoms with E-state index < -0.39 is 48.5 Å². The molecule has 1 N–H and O–H groups in total. The first kappa shape index (κ1) is 36.1. The zero-order chi connectivity index (χ0) is 36.8. The van der Waals surface area contributed by atoms with Gasteiger partial charge in [0, 0.05) is 34.9 Å². The minimum Gasteiger partial charge on any atom is -0.497 e. The van der Waals surface area contributed by atoms with Crippen molar-refractivity contribution in [1.29, 1.82) is 0 Å². The number of methoxy groups -OCH3 is 2. The SMILES string of the molecule is COc1ccc(C(OC[C@H]2O[C@@H](n3cc(C)c(=O)[nH]c3=O)C[C@@H]2O[P+](=O)Oc2ccc([N+](=O)[O-])cc2)(c2ccccc2)c2ccc(OC)cc2)cc1. The molecule has 5 aromatic rings. The highest BCUT2D eigenvalue weighted by atomic mass is 31.1. The second kappa shape index (κ2) is 15.7. The molecule has 0 radical (unpaired) electrons. The number of non-ortho nitro benzene ring substituents is 1. The molecule has 1 aliphatic heterocycles. The standard InChI is InChI=1S/C37H34N3O11P/c1-24-22-39(36(42)38-35(24)41)34-21-32(51-52(45)50-31-19-13-28(14-20-31)40(43)44)33(49-34)23-48-37(25-7-5-4-6-8-25,26-9-15-29(46-2)16-10-26)27-11-17-30(47-3)18-12-27/h4-20,22,32-34H,21,23H2,1-3H3/p+1/t32-,33+,34+/m0/s1. The summed E-state index contributed by atoms with van der Waals surface area (Å²) in [5.74, 6) is 1.38. The highest BCUT2D eigenvalue weighted by molar-refractivity contribution is 7.33. The van der Waals surface area contributed by atoms with Gasteiger partial charge >= 0.3 is 13.9 Å². The first-order valence-corrected chi connectivity index (χ1v) is 17.2. The van der Waals surface area contributed by atoms with E-state index in [-0.39, 0.29) is 30.0 Å². The molecule has 6 rings (SSSR count). The van der Waals surface area contributed by atoms with Gasteiger partial charge in [-0.1, -0.05) is 54.6 Å². The molecule has 15 heteroatoms. The third kappa shape index (κ3) is 7.65. The van der Waals surface area contributed by atoms with Crippen molar-refractivity contribution in [3.8, 4) is 17.2 Å². The Morgan fingerprint density at radius 1 is 0.865 bits per heavy atom. The summed E-state index contributed by atoms with van der Waals surface area (Å²) in [6.07, 6.45) is -1.36. The molecule has 1 fully saturated rings. The van der Waals surface area contributed by atoms with Gasteiger partial charge in [-0.25, -0.2) is 9.32 Å². The van der Waals surface area contributed by atoms with Gasteiger partial charge in [-0.05, 0) is 60.0 Å². The van der Waals surface area contributed by atoms with Crippen molar-refractivity contribution in [2.24, 2.45) is 0 Å². The van der Waals surface area contributed by atoms with Crippen LogP contribution in [0.5, 0.6) is 17.2 Å². The molecule has 0 spiro atoms. The Balaban J connectivity index is 1.37. The molecule has 1 saturated heterocycles. The summed E-state index contributed by atoms with van der Waals surface area (Å²) in [6.45, 7) is 1.43. The molecule has 268 valence electrons. The van der Waals surface area contributed by atoms with Gasteiger partial charge < -0.3 is 18.9 Å². The van der Waals surface area contributed by atoms with Gasteiger partial charge in [0.05, 0.1) is 25.7 Å². The summed E-state index contributed by atoms with van der Waals surface area (Å²) in [4.78, 5) is 37.9. The quantitative estimate of drug-likeness (QED) is 0.0599. The smallest absolute Gasteiger partial charge is 0.497 e. The minimum atomic E-state index is -2.84. The van der Waals surface area contributed by atoms with Crippen LogP contribution in [0.15, 0.2) is 119 Å². The van der Waals surface area contributed by atoms with Crippen molar-refractivity contribution in [3.63, 3.8) is 0 Å². The lowest BCUT2D eigenvalue weighted by molar-refractivity contribution is -0.384. The summed E-state index contributed by atoms with van der Waals surface area (Å²) in [5, 5.41) is 11.1. The fraction of sp³-hybridized carbons (Fsp3) is 0.243. The predicted octanol–water partition coefficient (Wildman–Crippen LogP) is 6.19. The average Bonchev–Trinajstić information content (AvgIpc) is 3.56. The van der Waals surface area contributed by atoms with E-state index in [0.717, 1.165) is 16.7 Å². The van der Waals surface area contributed by atoms with Crippen molar-refractivity contribution >= 4 is 13.9 Å². The maximum atomic E-state index is 13.3. The number of H-pyrrole nitrogens is 1. The van der Waals surface area contributed by atoms with Gasteiger partial charge in [-0.15, -0.1) is 4.52 Å². The van der Waals surface area contributed by atoms with Gasteiger partial charge in [-0.3, -0.25) is 24.5 Å². The van der Waals surface area contributed by atoms with Crippen LogP contribution in [-0.4, -0.2) is 47.5 Å².